The van der Waals surface area contributed by atoms with Gasteiger partial charge in [-0.3, -0.25) is 0 Å². The van der Waals surface area contributed by atoms with E-state index in [-0.39, 0.29) is 6.92 Å². The van der Waals surface area contributed by atoms with Crippen molar-refractivity contribution in [2.24, 2.45) is 0 Å². The van der Waals surface area contributed by atoms with Crippen molar-refractivity contribution in [3.8, 4) is 39.1 Å². The van der Waals surface area contributed by atoms with Crippen LogP contribution in [-0.2, 0) is 0 Å². The molecule has 2 aliphatic heterocycles. The Labute approximate surface area is 267 Å². The first-order valence-electron chi connectivity index (χ1n) is 15.7. The normalized spacial score (nSPS) is 12.9. The van der Waals surface area contributed by atoms with E-state index in [1.54, 1.807) is 0 Å². The van der Waals surface area contributed by atoms with Crippen LogP contribution in [-0.4, -0.2) is 6.92 Å². The highest BCUT2D eigenvalue weighted by Gasteiger charge is 2.44. The van der Waals surface area contributed by atoms with Crippen LogP contribution < -0.4 is 20.5 Å². The molecule has 4 heteroatoms. The van der Waals surface area contributed by atoms with Crippen molar-refractivity contribution >= 4 is 56.8 Å². The first kappa shape index (κ1) is 25.3. The third kappa shape index (κ3) is 3.67. The summed E-state index contributed by atoms with van der Waals surface area (Å²) in [6.07, 6.45) is 0. The van der Waals surface area contributed by atoms with E-state index in [1.807, 2.05) is 6.07 Å². The Morgan fingerprint density at radius 2 is 1.15 bits per heavy atom. The molecule has 0 fully saturated rings. The fourth-order valence-corrected chi connectivity index (χ4v) is 7.40. The molecule has 0 saturated heterocycles. The Morgan fingerprint density at radius 1 is 0.500 bits per heavy atom. The molecule has 0 radical (unpaired) electrons. The zero-order chi connectivity index (χ0) is 30.2. The number of para-hydroxylation sites is 2. The van der Waals surface area contributed by atoms with E-state index in [0.717, 1.165) is 61.3 Å². The van der Waals surface area contributed by atoms with Crippen molar-refractivity contribution in [1.82, 2.24) is 0 Å². The maximum atomic E-state index is 7.00. The third-order valence-electron chi connectivity index (χ3n) is 9.48. The number of furan rings is 1. The summed E-state index contributed by atoms with van der Waals surface area (Å²) in [5.41, 5.74) is 14.3. The molecular weight excluding hydrogens is 561 g/mol. The van der Waals surface area contributed by atoms with Crippen LogP contribution in [0.2, 0.25) is 0 Å². The molecule has 46 heavy (non-hydrogen) atoms. The predicted molar refractivity (Wildman–Crippen MR) is 190 cm³/mol. The minimum absolute atomic E-state index is 0.281. The maximum absolute atomic E-state index is 7.00. The van der Waals surface area contributed by atoms with E-state index in [0.29, 0.717) is 0 Å². The summed E-state index contributed by atoms with van der Waals surface area (Å²) in [4.78, 5) is 2.43. The van der Waals surface area contributed by atoms with Gasteiger partial charge in [-0.25, -0.2) is 0 Å². The Morgan fingerprint density at radius 3 is 1.96 bits per heavy atom. The summed E-state index contributed by atoms with van der Waals surface area (Å²) < 4.78 is 13.6. The van der Waals surface area contributed by atoms with Gasteiger partial charge in [-0.15, -0.1) is 0 Å². The molecule has 1 aromatic heterocycles. The molecule has 3 nitrogen and oxygen atoms in total. The zero-order valence-corrected chi connectivity index (χ0v) is 24.9. The van der Waals surface area contributed by atoms with Crippen molar-refractivity contribution in [3.05, 3.63) is 158 Å². The minimum atomic E-state index is -0.281. The van der Waals surface area contributed by atoms with Crippen LogP contribution in [0.25, 0.3) is 55.3 Å². The number of nitrogens with zero attached hydrogens (tertiary/aromatic N) is 1. The Hall–Kier alpha value is -6.00. The van der Waals surface area contributed by atoms with Crippen molar-refractivity contribution in [2.75, 3.05) is 4.90 Å². The van der Waals surface area contributed by atoms with Crippen LogP contribution in [0.3, 0.4) is 0 Å². The number of benzene rings is 7. The standard InChI is InChI=1S/C42H26BNO2/c1-3-11-27(12-4-1)29-19-22-31(23-20-29)44-36-24-21-30(28-13-5-2-6-14-28)25-35(36)43-41-34(32-15-7-10-18-38(32)46-43)26-39-40(42(41)44)33-16-8-9-17-37(33)45-39/h1-26H. The Balaban J connectivity index is 1.30. The van der Waals surface area contributed by atoms with Crippen LogP contribution in [0.5, 0.6) is 5.75 Å². The highest BCUT2D eigenvalue weighted by Crippen LogP contribution is 2.49. The monoisotopic (exact) mass is 587 g/mol. The van der Waals surface area contributed by atoms with Crippen LogP contribution >= 0.6 is 0 Å². The number of hydrogen-bond acceptors (Lipinski definition) is 3. The van der Waals surface area contributed by atoms with Crippen LogP contribution in [0.15, 0.2) is 162 Å². The van der Waals surface area contributed by atoms with Gasteiger partial charge in [0.25, 0.3) is 0 Å². The quantitative estimate of drug-likeness (QED) is 0.193. The van der Waals surface area contributed by atoms with Gasteiger partial charge in [-0.1, -0.05) is 121 Å². The first-order valence-corrected chi connectivity index (χ1v) is 15.7. The second-order valence-corrected chi connectivity index (χ2v) is 12.0. The number of rotatable bonds is 3. The summed E-state index contributed by atoms with van der Waals surface area (Å²) in [5.74, 6) is 0.887. The summed E-state index contributed by atoms with van der Waals surface area (Å²) >= 11 is 0. The summed E-state index contributed by atoms with van der Waals surface area (Å²) in [6, 6.07) is 55.8. The van der Waals surface area contributed by atoms with Gasteiger partial charge >= 0.3 is 6.92 Å². The highest BCUT2D eigenvalue weighted by atomic mass is 16.4. The molecule has 0 saturated carbocycles. The van der Waals surface area contributed by atoms with E-state index in [9.17, 15) is 0 Å². The van der Waals surface area contributed by atoms with Gasteiger partial charge < -0.3 is 14.0 Å². The van der Waals surface area contributed by atoms with Crippen molar-refractivity contribution < 1.29 is 9.07 Å². The van der Waals surface area contributed by atoms with Gasteiger partial charge in [0.05, 0.1) is 11.1 Å². The highest BCUT2D eigenvalue weighted by molar-refractivity contribution is 6.86. The lowest BCUT2D eigenvalue weighted by Gasteiger charge is -2.40. The van der Waals surface area contributed by atoms with Gasteiger partial charge in [-0.05, 0) is 69.7 Å². The molecule has 0 unspecified atom stereocenters. The molecule has 2 aliphatic rings. The third-order valence-corrected chi connectivity index (χ3v) is 9.48. The first-order chi connectivity index (χ1) is 22.8. The lowest BCUT2D eigenvalue weighted by molar-refractivity contribution is 0.590. The molecule has 3 heterocycles. The van der Waals surface area contributed by atoms with E-state index < -0.39 is 0 Å². The largest absolute Gasteiger partial charge is 0.551 e. The average Bonchev–Trinajstić information content (AvgIpc) is 3.51. The van der Waals surface area contributed by atoms with Gasteiger partial charge in [0.15, 0.2) is 0 Å². The van der Waals surface area contributed by atoms with E-state index in [2.05, 4.69) is 157 Å². The second kappa shape index (κ2) is 9.75. The van der Waals surface area contributed by atoms with Gasteiger partial charge in [-0.2, -0.15) is 0 Å². The van der Waals surface area contributed by atoms with E-state index >= 15 is 0 Å². The van der Waals surface area contributed by atoms with Gasteiger partial charge in [0, 0.05) is 27.8 Å². The molecule has 0 bridgehead atoms. The molecule has 7 aromatic carbocycles. The molecule has 10 rings (SSSR count). The van der Waals surface area contributed by atoms with Crippen molar-refractivity contribution in [3.63, 3.8) is 0 Å². The summed E-state index contributed by atoms with van der Waals surface area (Å²) in [5, 5.41) is 2.20. The lowest BCUT2D eigenvalue weighted by Crippen LogP contribution is -2.56. The van der Waals surface area contributed by atoms with Crippen LogP contribution in [0.1, 0.15) is 0 Å². The molecule has 0 spiro atoms. The fraction of sp³-hybridized carbons (Fsp3) is 0. The van der Waals surface area contributed by atoms with Crippen LogP contribution in [0.4, 0.5) is 17.1 Å². The lowest BCUT2D eigenvalue weighted by atomic mass is 9.49. The van der Waals surface area contributed by atoms with Crippen LogP contribution in [0, 0.1) is 0 Å². The molecule has 0 N–H and O–H groups in total. The fourth-order valence-electron chi connectivity index (χ4n) is 7.40. The molecule has 0 atom stereocenters. The second-order valence-electron chi connectivity index (χ2n) is 12.0. The maximum Gasteiger partial charge on any atom is 0.431 e. The molecular formula is C42H26BNO2. The smallest absolute Gasteiger partial charge is 0.431 e. The Bertz CT molecular complexity index is 2450. The molecule has 0 aliphatic carbocycles. The topological polar surface area (TPSA) is 25.6 Å². The van der Waals surface area contributed by atoms with Gasteiger partial charge in [0.1, 0.15) is 16.9 Å². The van der Waals surface area contributed by atoms with E-state index in [4.69, 9.17) is 9.07 Å². The number of fused-ring (bicyclic) bond motifs is 8. The zero-order valence-electron chi connectivity index (χ0n) is 24.9. The molecule has 0 amide bonds. The van der Waals surface area contributed by atoms with Gasteiger partial charge in [0.2, 0.25) is 0 Å². The van der Waals surface area contributed by atoms with Crippen molar-refractivity contribution in [2.45, 2.75) is 0 Å². The molecule has 8 aromatic rings. The number of hydrogen-bond donors (Lipinski definition) is 0. The SMILES string of the molecule is c1ccc(-c2ccc(N3c4ccc(-c5ccccc5)cc4B4Oc5ccccc5-c5cc6oc7ccccc7c6c3c54)cc2)cc1. The summed E-state index contributed by atoms with van der Waals surface area (Å²) in [6.45, 7) is -0.281. The Kier molecular flexibility index (Phi) is 5.37. The molecule has 214 valence electrons. The van der Waals surface area contributed by atoms with Crippen molar-refractivity contribution in [1.29, 1.82) is 0 Å². The average molecular weight is 587 g/mol. The van der Waals surface area contributed by atoms with E-state index in [1.165, 1.54) is 27.7 Å². The minimum Gasteiger partial charge on any atom is -0.551 e. The predicted octanol–water partition coefficient (Wildman–Crippen LogP) is 9.87. The summed E-state index contributed by atoms with van der Waals surface area (Å²) in [7, 11) is 0. The number of anilines is 3.